The summed E-state index contributed by atoms with van der Waals surface area (Å²) < 4.78 is 33.7. The first-order valence-electron chi connectivity index (χ1n) is 5.99. The van der Waals surface area contributed by atoms with E-state index in [0.29, 0.717) is 12.3 Å². The van der Waals surface area contributed by atoms with Gasteiger partial charge in [-0.1, -0.05) is 5.21 Å². The van der Waals surface area contributed by atoms with Crippen LogP contribution in [0.2, 0.25) is 0 Å². The predicted octanol–water partition coefficient (Wildman–Crippen LogP) is -0.0413. The van der Waals surface area contributed by atoms with Gasteiger partial charge in [-0.2, -0.15) is 0 Å². The van der Waals surface area contributed by atoms with Crippen LogP contribution in [0.1, 0.15) is 17.1 Å². The Bertz CT molecular complexity index is 676. The molecule has 8 nitrogen and oxygen atoms in total. The van der Waals surface area contributed by atoms with Crippen molar-refractivity contribution < 1.29 is 17.9 Å². The summed E-state index contributed by atoms with van der Waals surface area (Å²) in [6.07, 6.45) is 3.16. The van der Waals surface area contributed by atoms with Gasteiger partial charge in [-0.05, 0) is 13.8 Å². The average molecular weight is 300 g/mol. The van der Waals surface area contributed by atoms with Crippen molar-refractivity contribution >= 4 is 10.0 Å². The lowest BCUT2D eigenvalue weighted by Gasteiger charge is -2.07. The molecule has 20 heavy (non-hydrogen) atoms. The Morgan fingerprint density at radius 2 is 2.15 bits per heavy atom. The maximum atomic E-state index is 12.2. The number of sulfonamides is 1. The Morgan fingerprint density at radius 3 is 2.75 bits per heavy atom. The number of aryl methyl sites for hydroxylation is 2. The molecule has 0 spiro atoms. The van der Waals surface area contributed by atoms with Gasteiger partial charge in [0, 0.05) is 18.3 Å². The molecule has 0 amide bonds. The highest BCUT2D eigenvalue weighted by Gasteiger charge is 2.26. The maximum Gasteiger partial charge on any atom is 0.244 e. The van der Waals surface area contributed by atoms with Gasteiger partial charge in [0.1, 0.15) is 16.4 Å². The van der Waals surface area contributed by atoms with Crippen LogP contribution < -0.4 is 4.72 Å². The van der Waals surface area contributed by atoms with E-state index in [-0.39, 0.29) is 29.4 Å². The van der Waals surface area contributed by atoms with E-state index in [9.17, 15) is 13.5 Å². The number of aromatic nitrogens is 3. The molecule has 0 atom stereocenters. The minimum atomic E-state index is -3.73. The molecule has 9 heteroatoms. The van der Waals surface area contributed by atoms with E-state index in [1.807, 2.05) is 0 Å². The third kappa shape index (κ3) is 2.89. The lowest BCUT2D eigenvalue weighted by atomic mass is 10.2. The summed E-state index contributed by atoms with van der Waals surface area (Å²) in [5.74, 6) is 0.668. The Morgan fingerprint density at radius 1 is 1.40 bits per heavy atom. The third-order valence-electron chi connectivity index (χ3n) is 2.86. The first kappa shape index (κ1) is 14.7. The van der Waals surface area contributed by atoms with Crippen LogP contribution in [-0.4, -0.2) is 35.1 Å². The minimum absolute atomic E-state index is 0.0103. The normalized spacial score (nSPS) is 11.9. The Labute approximate surface area is 116 Å². The van der Waals surface area contributed by atoms with E-state index in [1.165, 1.54) is 10.9 Å². The first-order chi connectivity index (χ1) is 9.45. The molecule has 0 saturated heterocycles. The van der Waals surface area contributed by atoms with E-state index in [1.54, 1.807) is 20.0 Å². The van der Waals surface area contributed by atoms with E-state index in [0.717, 1.165) is 0 Å². The third-order valence-corrected chi connectivity index (χ3v) is 4.51. The zero-order valence-electron chi connectivity index (χ0n) is 11.2. The predicted molar refractivity (Wildman–Crippen MR) is 69.3 cm³/mol. The van der Waals surface area contributed by atoms with Crippen molar-refractivity contribution in [3.8, 4) is 0 Å². The molecule has 0 bridgehead atoms. The lowest BCUT2D eigenvalue weighted by Crippen LogP contribution is -2.28. The fourth-order valence-electron chi connectivity index (χ4n) is 1.96. The molecule has 2 aromatic rings. The number of aliphatic hydroxyl groups is 1. The van der Waals surface area contributed by atoms with Crippen LogP contribution in [0.4, 0.5) is 0 Å². The van der Waals surface area contributed by atoms with E-state index in [2.05, 4.69) is 15.0 Å². The molecule has 0 aromatic carbocycles. The quantitative estimate of drug-likeness (QED) is 0.774. The van der Waals surface area contributed by atoms with Crippen LogP contribution in [-0.2, 0) is 23.2 Å². The second-order valence-electron chi connectivity index (χ2n) is 4.24. The number of rotatable bonds is 6. The molecule has 0 aliphatic rings. The molecular weight excluding hydrogens is 284 g/mol. The molecule has 2 aromatic heterocycles. The summed E-state index contributed by atoms with van der Waals surface area (Å²) in [5.41, 5.74) is 0.288. The van der Waals surface area contributed by atoms with Crippen LogP contribution >= 0.6 is 0 Å². The van der Waals surface area contributed by atoms with Gasteiger partial charge in [-0.15, -0.1) is 5.10 Å². The molecule has 0 aliphatic carbocycles. The monoisotopic (exact) mass is 300 g/mol. The number of hydrogen-bond acceptors (Lipinski definition) is 6. The van der Waals surface area contributed by atoms with Gasteiger partial charge >= 0.3 is 0 Å². The Balaban J connectivity index is 2.14. The van der Waals surface area contributed by atoms with Gasteiger partial charge in [0.2, 0.25) is 10.0 Å². The zero-order chi connectivity index (χ0) is 14.8. The number of aliphatic hydroxyl groups excluding tert-OH is 1. The van der Waals surface area contributed by atoms with Gasteiger partial charge in [-0.3, -0.25) is 4.68 Å². The molecule has 0 saturated carbocycles. The van der Waals surface area contributed by atoms with Gasteiger partial charge in [0.25, 0.3) is 0 Å². The minimum Gasteiger partial charge on any atom is -0.465 e. The summed E-state index contributed by atoms with van der Waals surface area (Å²) in [7, 11) is -3.73. The molecule has 2 rings (SSSR count). The van der Waals surface area contributed by atoms with Crippen LogP contribution in [0, 0.1) is 13.8 Å². The zero-order valence-corrected chi connectivity index (χ0v) is 12.0. The highest BCUT2D eigenvalue weighted by Crippen LogP contribution is 2.26. The SMILES string of the molecule is Cc1oc(C)c(S(=O)(=O)NCCn2ccnn2)c1CO. The maximum absolute atomic E-state index is 12.2. The van der Waals surface area contributed by atoms with Crippen molar-refractivity contribution in [3.63, 3.8) is 0 Å². The van der Waals surface area contributed by atoms with E-state index >= 15 is 0 Å². The van der Waals surface area contributed by atoms with Crippen LogP contribution in [0.25, 0.3) is 0 Å². The smallest absolute Gasteiger partial charge is 0.244 e. The molecule has 2 heterocycles. The largest absolute Gasteiger partial charge is 0.465 e. The van der Waals surface area contributed by atoms with Crippen molar-refractivity contribution in [1.82, 2.24) is 19.7 Å². The lowest BCUT2D eigenvalue weighted by molar-refractivity contribution is 0.276. The van der Waals surface area contributed by atoms with E-state index in [4.69, 9.17) is 4.42 Å². The van der Waals surface area contributed by atoms with Crippen LogP contribution in [0.3, 0.4) is 0 Å². The van der Waals surface area contributed by atoms with Gasteiger partial charge in [0.15, 0.2) is 0 Å². The molecule has 0 unspecified atom stereocenters. The number of hydrogen-bond donors (Lipinski definition) is 2. The molecule has 110 valence electrons. The van der Waals surface area contributed by atoms with E-state index < -0.39 is 10.0 Å². The molecule has 2 N–H and O–H groups in total. The second-order valence-corrected chi connectivity index (χ2v) is 5.95. The van der Waals surface area contributed by atoms with Gasteiger partial charge in [0.05, 0.1) is 19.3 Å². The summed E-state index contributed by atoms with van der Waals surface area (Å²) in [6, 6.07) is 0. The van der Waals surface area contributed by atoms with Crippen LogP contribution in [0.5, 0.6) is 0 Å². The van der Waals surface area contributed by atoms with Crippen molar-refractivity contribution in [2.24, 2.45) is 0 Å². The van der Waals surface area contributed by atoms with Crippen molar-refractivity contribution in [2.45, 2.75) is 31.9 Å². The number of nitrogens with zero attached hydrogens (tertiary/aromatic N) is 3. The topological polar surface area (TPSA) is 110 Å². The summed E-state index contributed by atoms with van der Waals surface area (Å²) in [6.45, 7) is 3.32. The van der Waals surface area contributed by atoms with Gasteiger partial charge < -0.3 is 9.52 Å². The van der Waals surface area contributed by atoms with Crippen molar-refractivity contribution in [2.75, 3.05) is 6.54 Å². The second kappa shape index (κ2) is 5.73. The highest BCUT2D eigenvalue weighted by molar-refractivity contribution is 7.89. The molecule has 0 radical (unpaired) electrons. The highest BCUT2D eigenvalue weighted by atomic mass is 32.2. The van der Waals surface area contributed by atoms with Crippen LogP contribution in [0.15, 0.2) is 21.7 Å². The molecular formula is C11H16N4O4S. The van der Waals surface area contributed by atoms with Gasteiger partial charge in [-0.25, -0.2) is 13.1 Å². The van der Waals surface area contributed by atoms with Crippen molar-refractivity contribution in [1.29, 1.82) is 0 Å². The summed E-state index contributed by atoms with van der Waals surface area (Å²) in [4.78, 5) is 0.0103. The Kier molecular flexibility index (Phi) is 4.21. The number of nitrogens with one attached hydrogen (secondary N) is 1. The molecule has 0 aliphatic heterocycles. The number of furan rings is 1. The Hall–Kier alpha value is -1.71. The average Bonchev–Trinajstić information content (AvgIpc) is 2.96. The standard InChI is InChI=1S/C11H16N4O4S/c1-8-10(7-16)11(9(2)19-8)20(17,18)13-4-6-15-5-3-12-14-15/h3,5,13,16H,4,6-7H2,1-2H3. The first-order valence-corrected chi connectivity index (χ1v) is 7.47. The summed E-state index contributed by atoms with van der Waals surface area (Å²) in [5, 5.41) is 16.6. The fraction of sp³-hybridized carbons (Fsp3) is 0.455. The van der Waals surface area contributed by atoms with Crippen molar-refractivity contribution in [3.05, 3.63) is 29.5 Å². The molecule has 0 fully saturated rings. The summed E-state index contributed by atoms with van der Waals surface area (Å²) >= 11 is 0. The fourth-order valence-corrected chi connectivity index (χ4v) is 3.42.